The van der Waals surface area contributed by atoms with E-state index in [1.54, 1.807) is 19.2 Å². The molecule has 2 rings (SSSR count). The van der Waals surface area contributed by atoms with Crippen LogP contribution in [0.4, 0.5) is 0 Å². The van der Waals surface area contributed by atoms with Gasteiger partial charge < -0.3 is 14.9 Å². The van der Waals surface area contributed by atoms with Crippen LogP contribution in [0, 0.1) is 0 Å². The van der Waals surface area contributed by atoms with Crippen molar-refractivity contribution in [2.75, 3.05) is 7.11 Å². The average Bonchev–Trinajstić information content (AvgIpc) is 3.01. The van der Waals surface area contributed by atoms with Gasteiger partial charge in [0.25, 0.3) is 0 Å². The highest BCUT2D eigenvalue weighted by atomic mass is 16.5. The predicted molar refractivity (Wildman–Crippen MR) is 62.0 cm³/mol. The number of carbonyl (C=O) groups is 1. The van der Waals surface area contributed by atoms with E-state index in [-0.39, 0.29) is 17.6 Å². The van der Waals surface area contributed by atoms with Gasteiger partial charge in [0.1, 0.15) is 5.75 Å². The first-order chi connectivity index (χ1) is 8.07. The van der Waals surface area contributed by atoms with Gasteiger partial charge in [-0.3, -0.25) is 4.79 Å². The van der Waals surface area contributed by atoms with Crippen molar-refractivity contribution >= 4 is 5.97 Å². The topological polar surface area (TPSA) is 66.8 Å². The van der Waals surface area contributed by atoms with Gasteiger partial charge in [0.05, 0.1) is 13.0 Å². The van der Waals surface area contributed by atoms with Gasteiger partial charge in [0, 0.05) is 18.1 Å². The number of phenols is 1. The second-order valence-corrected chi connectivity index (χ2v) is 4.63. The molecule has 0 bridgehead atoms. The molecule has 1 aliphatic carbocycles. The van der Waals surface area contributed by atoms with E-state index >= 15 is 0 Å². The number of hydrogen-bond acceptors (Lipinski definition) is 3. The number of methoxy groups -OCH3 is 1. The fraction of sp³-hybridized carbons (Fsp3) is 0.462. The van der Waals surface area contributed by atoms with Crippen LogP contribution in [-0.2, 0) is 21.6 Å². The molecule has 0 atom stereocenters. The third kappa shape index (κ3) is 2.42. The molecular formula is C13H16O4. The zero-order chi connectivity index (χ0) is 12.5. The molecule has 17 heavy (non-hydrogen) atoms. The SMILES string of the molecule is COCc1ccc(C2(CC(=O)O)CC2)cc1O. The van der Waals surface area contributed by atoms with Crippen molar-refractivity contribution in [3.8, 4) is 5.75 Å². The van der Waals surface area contributed by atoms with Gasteiger partial charge in [0.15, 0.2) is 0 Å². The molecule has 0 radical (unpaired) electrons. The maximum absolute atomic E-state index is 10.8. The van der Waals surface area contributed by atoms with E-state index < -0.39 is 5.97 Å². The van der Waals surface area contributed by atoms with E-state index in [1.807, 2.05) is 6.07 Å². The van der Waals surface area contributed by atoms with Crippen LogP contribution in [0.25, 0.3) is 0 Å². The highest BCUT2D eigenvalue weighted by Gasteiger charge is 2.46. The monoisotopic (exact) mass is 236 g/mol. The Morgan fingerprint density at radius 3 is 2.65 bits per heavy atom. The van der Waals surface area contributed by atoms with E-state index in [9.17, 15) is 9.90 Å². The average molecular weight is 236 g/mol. The van der Waals surface area contributed by atoms with Crippen molar-refractivity contribution in [3.05, 3.63) is 29.3 Å². The van der Waals surface area contributed by atoms with Gasteiger partial charge in [-0.15, -0.1) is 0 Å². The highest BCUT2D eigenvalue weighted by Crippen LogP contribution is 2.51. The summed E-state index contributed by atoms with van der Waals surface area (Å²) in [6, 6.07) is 5.37. The predicted octanol–water partition coefficient (Wildman–Crippen LogP) is 2.04. The summed E-state index contributed by atoms with van der Waals surface area (Å²) in [4.78, 5) is 10.8. The molecule has 4 heteroatoms. The minimum Gasteiger partial charge on any atom is -0.508 e. The lowest BCUT2D eigenvalue weighted by molar-refractivity contribution is -0.137. The summed E-state index contributed by atoms with van der Waals surface area (Å²) in [6.45, 7) is 0.359. The molecule has 0 aliphatic heterocycles. The van der Waals surface area contributed by atoms with Crippen molar-refractivity contribution in [1.82, 2.24) is 0 Å². The number of benzene rings is 1. The Labute approximate surface area is 99.8 Å². The first kappa shape index (κ1) is 11.9. The molecular weight excluding hydrogens is 220 g/mol. The molecule has 0 unspecified atom stereocenters. The van der Waals surface area contributed by atoms with Crippen LogP contribution in [0.5, 0.6) is 5.75 Å². The summed E-state index contributed by atoms with van der Waals surface area (Å²) in [5, 5.41) is 18.7. The number of ether oxygens (including phenoxy) is 1. The molecule has 4 nitrogen and oxygen atoms in total. The Bertz CT molecular complexity index is 435. The van der Waals surface area contributed by atoms with E-state index in [0.29, 0.717) is 6.61 Å². The number of rotatable bonds is 5. The van der Waals surface area contributed by atoms with Crippen LogP contribution in [-0.4, -0.2) is 23.3 Å². The van der Waals surface area contributed by atoms with Crippen molar-refractivity contribution in [2.45, 2.75) is 31.3 Å². The minimum atomic E-state index is -0.789. The molecule has 1 saturated carbocycles. The molecule has 1 aromatic rings. The van der Waals surface area contributed by atoms with Gasteiger partial charge in [-0.1, -0.05) is 12.1 Å². The zero-order valence-electron chi connectivity index (χ0n) is 9.77. The lowest BCUT2D eigenvalue weighted by atomic mass is 9.91. The zero-order valence-corrected chi connectivity index (χ0v) is 9.77. The molecule has 0 heterocycles. The Hall–Kier alpha value is -1.55. The summed E-state index contributed by atoms with van der Waals surface area (Å²) in [7, 11) is 1.57. The van der Waals surface area contributed by atoms with Crippen molar-refractivity contribution < 1.29 is 19.7 Å². The molecule has 1 aromatic carbocycles. The first-order valence-electron chi connectivity index (χ1n) is 5.60. The first-order valence-corrected chi connectivity index (χ1v) is 5.60. The number of hydrogen-bond donors (Lipinski definition) is 2. The van der Waals surface area contributed by atoms with Crippen LogP contribution in [0.3, 0.4) is 0 Å². The molecule has 0 spiro atoms. The number of aliphatic carboxylic acids is 1. The van der Waals surface area contributed by atoms with E-state index in [2.05, 4.69) is 0 Å². The molecule has 1 aliphatic rings. The van der Waals surface area contributed by atoms with Gasteiger partial charge >= 0.3 is 5.97 Å². The number of aromatic hydroxyl groups is 1. The second-order valence-electron chi connectivity index (χ2n) is 4.63. The largest absolute Gasteiger partial charge is 0.508 e. The smallest absolute Gasteiger partial charge is 0.304 e. The highest BCUT2D eigenvalue weighted by molar-refractivity contribution is 5.70. The third-order valence-electron chi connectivity index (χ3n) is 3.34. The fourth-order valence-corrected chi connectivity index (χ4v) is 2.18. The van der Waals surface area contributed by atoms with Gasteiger partial charge in [-0.05, 0) is 24.5 Å². The van der Waals surface area contributed by atoms with Crippen LogP contribution >= 0.6 is 0 Å². The quantitative estimate of drug-likeness (QED) is 0.821. The molecule has 92 valence electrons. The Balaban J connectivity index is 2.23. The summed E-state index contributed by atoms with van der Waals surface area (Å²) < 4.78 is 4.96. The molecule has 2 N–H and O–H groups in total. The van der Waals surface area contributed by atoms with Crippen LogP contribution in [0.1, 0.15) is 30.4 Å². The van der Waals surface area contributed by atoms with Crippen LogP contribution < -0.4 is 0 Å². The maximum atomic E-state index is 10.8. The lowest BCUT2D eigenvalue weighted by Crippen LogP contribution is -2.12. The fourth-order valence-electron chi connectivity index (χ4n) is 2.18. The number of carboxylic acids is 1. The third-order valence-corrected chi connectivity index (χ3v) is 3.34. The van der Waals surface area contributed by atoms with Crippen molar-refractivity contribution in [2.24, 2.45) is 0 Å². The van der Waals surface area contributed by atoms with Crippen LogP contribution in [0.2, 0.25) is 0 Å². The normalized spacial score (nSPS) is 16.8. The van der Waals surface area contributed by atoms with E-state index in [0.717, 1.165) is 24.0 Å². The summed E-state index contributed by atoms with van der Waals surface area (Å²) in [6.07, 6.45) is 1.89. The Morgan fingerprint density at radius 1 is 1.47 bits per heavy atom. The van der Waals surface area contributed by atoms with Gasteiger partial charge in [-0.25, -0.2) is 0 Å². The van der Waals surface area contributed by atoms with Gasteiger partial charge in [-0.2, -0.15) is 0 Å². The molecule has 0 saturated heterocycles. The summed E-state index contributed by atoms with van der Waals surface area (Å²) in [5.74, 6) is -0.607. The van der Waals surface area contributed by atoms with E-state index in [4.69, 9.17) is 9.84 Å². The molecule has 0 amide bonds. The number of carboxylic acid groups (broad SMARTS) is 1. The van der Waals surface area contributed by atoms with Crippen LogP contribution in [0.15, 0.2) is 18.2 Å². The standard InChI is InChI=1S/C13H16O4/c1-17-8-9-2-3-10(6-11(9)14)13(4-5-13)7-12(15)16/h2-3,6,14H,4-5,7-8H2,1H3,(H,15,16). The van der Waals surface area contributed by atoms with E-state index in [1.165, 1.54) is 0 Å². The maximum Gasteiger partial charge on any atom is 0.304 e. The van der Waals surface area contributed by atoms with Gasteiger partial charge in [0.2, 0.25) is 0 Å². The second kappa shape index (κ2) is 4.37. The lowest BCUT2D eigenvalue weighted by Gasteiger charge is -2.14. The molecule has 1 fully saturated rings. The summed E-state index contributed by atoms with van der Waals surface area (Å²) >= 11 is 0. The molecule has 0 aromatic heterocycles. The Kier molecular flexibility index (Phi) is 3.07. The Morgan fingerprint density at radius 2 is 2.18 bits per heavy atom. The summed E-state index contributed by atoms with van der Waals surface area (Å²) in [5.41, 5.74) is 1.38. The van der Waals surface area contributed by atoms with Crippen molar-refractivity contribution in [3.63, 3.8) is 0 Å². The number of phenolic OH excluding ortho intramolecular Hbond substituents is 1. The minimum absolute atomic E-state index is 0.135. The van der Waals surface area contributed by atoms with Crippen molar-refractivity contribution in [1.29, 1.82) is 0 Å².